The Labute approximate surface area is 154 Å². The molecule has 4 heterocycles. The van der Waals surface area contributed by atoms with Crippen molar-refractivity contribution >= 4 is 27.2 Å². The third kappa shape index (κ3) is 2.64. The number of fused-ring (bicyclic) bond motifs is 2. The van der Waals surface area contributed by atoms with Crippen molar-refractivity contribution in [3.8, 4) is 0 Å². The molecule has 4 aromatic rings. The van der Waals surface area contributed by atoms with Gasteiger partial charge in [-0.05, 0) is 38.4 Å². The van der Waals surface area contributed by atoms with Gasteiger partial charge < -0.3 is 0 Å². The highest BCUT2D eigenvalue weighted by atomic mass is 32.1. The Morgan fingerprint density at radius 1 is 1.27 bits per heavy atom. The van der Waals surface area contributed by atoms with Gasteiger partial charge in [0.25, 0.3) is 5.56 Å². The van der Waals surface area contributed by atoms with Gasteiger partial charge >= 0.3 is 0 Å². The minimum atomic E-state index is -0.0613. The lowest BCUT2D eigenvalue weighted by molar-refractivity contribution is 0.245. The summed E-state index contributed by atoms with van der Waals surface area (Å²) >= 11 is 1.77. The van der Waals surface area contributed by atoms with Gasteiger partial charge in [0.05, 0.1) is 22.0 Å². The van der Waals surface area contributed by atoms with E-state index in [0.717, 1.165) is 36.3 Å². The molecule has 6 nitrogen and oxygen atoms in total. The van der Waals surface area contributed by atoms with E-state index in [1.807, 2.05) is 19.1 Å². The second kappa shape index (κ2) is 6.03. The van der Waals surface area contributed by atoms with Gasteiger partial charge in [0.2, 0.25) is 0 Å². The van der Waals surface area contributed by atoms with Crippen molar-refractivity contribution in [1.82, 2.24) is 24.5 Å². The van der Waals surface area contributed by atoms with Crippen LogP contribution in [0.3, 0.4) is 0 Å². The first-order valence-corrected chi connectivity index (χ1v) is 9.67. The number of para-hydroxylation sites is 1. The van der Waals surface area contributed by atoms with Crippen molar-refractivity contribution in [2.45, 2.75) is 32.4 Å². The van der Waals surface area contributed by atoms with Crippen LogP contribution < -0.4 is 5.56 Å². The fourth-order valence-electron chi connectivity index (χ4n) is 3.78. The molecule has 1 N–H and O–H groups in total. The third-order valence-corrected chi connectivity index (χ3v) is 6.09. The fourth-order valence-corrected chi connectivity index (χ4v) is 4.91. The van der Waals surface area contributed by atoms with E-state index in [-0.39, 0.29) is 5.56 Å². The molecule has 1 aliphatic heterocycles. The number of nitrogens with zero attached hydrogens (tertiary/aromatic N) is 4. The SMILES string of the molecule is Cc1cc2nc(CN3CCC[C@H]3c3nc4ccccc4s3)cc(=O)n2[nH]1. The Morgan fingerprint density at radius 3 is 3.04 bits per heavy atom. The highest BCUT2D eigenvalue weighted by Gasteiger charge is 2.29. The van der Waals surface area contributed by atoms with Crippen molar-refractivity contribution in [2.75, 3.05) is 6.54 Å². The summed E-state index contributed by atoms with van der Waals surface area (Å²) in [6.07, 6.45) is 2.25. The number of hydrogen-bond donors (Lipinski definition) is 1. The van der Waals surface area contributed by atoms with Gasteiger partial charge in [0.1, 0.15) is 5.01 Å². The zero-order valence-electron chi connectivity index (χ0n) is 14.5. The third-order valence-electron chi connectivity index (χ3n) is 4.96. The van der Waals surface area contributed by atoms with E-state index in [2.05, 4.69) is 33.2 Å². The summed E-state index contributed by atoms with van der Waals surface area (Å²) in [5, 5.41) is 4.18. The Hall–Kier alpha value is -2.51. The molecule has 1 fully saturated rings. The second-order valence-electron chi connectivity index (χ2n) is 6.87. The minimum absolute atomic E-state index is 0.0613. The average Bonchev–Trinajstić information content (AvgIpc) is 3.31. The molecule has 132 valence electrons. The van der Waals surface area contributed by atoms with E-state index < -0.39 is 0 Å². The summed E-state index contributed by atoms with van der Waals surface area (Å²) in [4.78, 5) is 24.2. The summed E-state index contributed by atoms with van der Waals surface area (Å²) in [7, 11) is 0. The molecule has 26 heavy (non-hydrogen) atoms. The molecule has 1 aliphatic rings. The van der Waals surface area contributed by atoms with Crippen LogP contribution in [-0.4, -0.2) is 31.0 Å². The summed E-state index contributed by atoms with van der Waals surface area (Å²) in [5.74, 6) is 0. The highest BCUT2D eigenvalue weighted by Crippen LogP contribution is 2.37. The lowest BCUT2D eigenvalue weighted by atomic mass is 10.2. The molecule has 0 unspecified atom stereocenters. The van der Waals surface area contributed by atoms with Gasteiger partial charge in [0, 0.05) is 24.4 Å². The number of likely N-dealkylation sites (tertiary alicyclic amines) is 1. The van der Waals surface area contributed by atoms with Crippen LogP contribution in [0.15, 0.2) is 41.2 Å². The first-order valence-electron chi connectivity index (χ1n) is 8.85. The van der Waals surface area contributed by atoms with E-state index in [1.54, 1.807) is 17.4 Å². The van der Waals surface area contributed by atoms with Crippen LogP contribution in [-0.2, 0) is 6.54 Å². The van der Waals surface area contributed by atoms with Crippen molar-refractivity contribution in [3.63, 3.8) is 0 Å². The van der Waals surface area contributed by atoms with Crippen LogP contribution >= 0.6 is 11.3 Å². The molecule has 0 aliphatic carbocycles. The Balaban J connectivity index is 1.46. The molecule has 3 aromatic heterocycles. The zero-order chi connectivity index (χ0) is 17.7. The molecule has 1 saturated heterocycles. The number of benzene rings is 1. The maximum Gasteiger partial charge on any atom is 0.272 e. The van der Waals surface area contributed by atoms with Crippen LogP contribution in [0.1, 0.15) is 35.3 Å². The molecular formula is C19H19N5OS. The number of rotatable bonds is 3. The van der Waals surface area contributed by atoms with E-state index in [9.17, 15) is 4.79 Å². The monoisotopic (exact) mass is 365 g/mol. The van der Waals surface area contributed by atoms with Crippen molar-refractivity contribution < 1.29 is 0 Å². The van der Waals surface area contributed by atoms with Crippen LogP contribution in [0.4, 0.5) is 0 Å². The van der Waals surface area contributed by atoms with Gasteiger partial charge in [-0.15, -0.1) is 11.3 Å². The van der Waals surface area contributed by atoms with Crippen molar-refractivity contribution in [3.05, 3.63) is 63.1 Å². The number of aryl methyl sites for hydroxylation is 1. The number of hydrogen-bond acceptors (Lipinski definition) is 5. The lowest BCUT2D eigenvalue weighted by Gasteiger charge is -2.22. The molecule has 1 aromatic carbocycles. The minimum Gasteiger partial charge on any atom is -0.294 e. The van der Waals surface area contributed by atoms with E-state index in [1.165, 1.54) is 14.2 Å². The Morgan fingerprint density at radius 2 is 2.15 bits per heavy atom. The maximum atomic E-state index is 12.3. The maximum absolute atomic E-state index is 12.3. The second-order valence-corrected chi connectivity index (χ2v) is 7.93. The first-order chi connectivity index (χ1) is 12.7. The van der Waals surface area contributed by atoms with Gasteiger partial charge in [-0.25, -0.2) is 14.5 Å². The summed E-state index contributed by atoms with van der Waals surface area (Å²) in [6, 6.07) is 12.1. The molecule has 0 amide bonds. The molecule has 0 bridgehead atoms. The summed E-state index contributed by atoms with van der Waals surface area (Å²) < 4.78 is 2.73. The van der Waals surface area contributed by atoms with Crippen molar-refractivity contribution in [2.24, 2.45) is 0 Å². The van der Waals surface area contributed by atoms with Gasteiger partial charge in [-0.2, -0.15) is 0 Å². The zero-order valence-corrected chi connectivity index (χ0v) is 15.3. The molecule has 7 heteroatoms. The fraction of sp³-hybridized carbons (Fsp3) is 0.316. The van der Waals surface area contributed by atoms with Crippen LogP contribution in [0.5, 0.6) is 0 Å². The highest BCUT2D eigenvalue weighted by molar-refractivity contribution is 7.18. The van der Waals surface area contributed by atoms with E-state index in [0.29, 0.717) is 18.2 Å². The molecule has 0 saturated carbocycles. The molecule has 5 rings (SSSR count). The van der Waals surface area contributed by atoms with Gasteiger partial charge in [-0.3, -0.25) is 14.8 Å². The van der Waals surface area contributed by atoms with Crippen molar-refractivity contribution in [1.29, 1.82) is 0 Å². The molecule has 0 radical (unpaired) electrons. The quantitative estimate of drug-likeness (QED) is 0.605. The lowest BCUT2D eigenvalue weighted by Crippen LogP contribution is -2.25. The van der Waals surface area contributed by atoms with Crippen LogP contribution in [0, 0.1) is 6.92 Å². The average molecular weight is 365 g/mol. The smallest absolute Gasteiger partial charge is 0.272 e. The summed E-state index contributed by atoms with van der Waals surface area (Å²) in [5.41, 5.74) is 3.44. The Bertz CT molecular complexity index is 1120. The predicted octanol–water partition coefficient (Wildman–Crippen LogP) is 3.28. The predicted molar refractivity (Wildman–Crippen MR) is 103 cm³/mol. The number of nitrogens with one attached hydrogen (secondary N) is 1. The van der Waals surface area contributed by atoms with Gasteiger partial charge in [0.15, 0.2) is 5.65 Å². The summed E-state index contributed by atoms with van der Waals surface area (Å²) in [6.45, 7) is 3.61. The first kappa shape index (κ1) is 15.7. The molecule has 1 atom stereocenters. The molecular weight excluding hydrogens is 346 g/mol. The van der Waals surface area contributed by atoms with Crippen LogP contribution in [0.25, 0.3) is 15.9 Å². The van der Waals surface area contributed by atoms with Gasteiger partial charge in [-0.1, -0.05) is 12.1 Å². The van der Waals surface area contributed by atoms with E-state index >= 15 is 0 Å². The number of H-pyrrole nitrogens is 1. The van der Waals surface area contributed by atoms with E-state index in [4.69, 9.17) is 4.98 Å². The molecule has 0 spiro atoms. The van der Waals surface area contributed by atoms with Crippen LogP contribution in [0.2, 0.25) is 0 Å². The topological polar surface area (TPSA) is 66.3 Å². The normalized spacial score (nSPS) is 18.3. The number of thiazole rings is 1. The number of aromatic amines is 1. The Kier molecular flexibility index (Phi) is 3.65. The standard InChI is InChI=1S/C19H19N5OS/c1-12-9-17-20-13(10-18(25)24(17)22-12)11-23-8-4-6-15(23)19-21-14-5-2-3-7-16(14)26-19/h2-3,5,7,9-10,15,22H,4,6,8,11H2,1H3/t15-/m0/s1. The number of aromatic nitrogens is 4. The largest absolute Gasteiger partial charge is 0.294 e.